The molecule has 0 aromatic heterocycles. The van der Waals surface area contributed by atoms with E-state index < -0.39 is 0 Å². The van der Waals surface area contributed by atoms with E-state index in [1.807, 2.05) is 6.92 Å². The van der Waals surface area contributed by atoms with Gasteiger partial charge in [0.1, 0.15) is 11.6 Å². The molecule has 1 heterocycles. The summed E-state index contributed by atoms with van der Waals surface area (Å²) in [6, 6.07) is 3.55. The van der Waals surface area contributed by atoms with Gasteiger partial charge in [-0.25, -0.2) is 8.78 Å². The molecular formula is C17H26F2N2. The number of hydrogen-bond donors (Lipinski definition) is 1. The Morgan fingerprint density at radius 1 is 1.24 bits per heavy atom. The molecule has 1 fully saturated rings. The van der Waals surface area contributed by atoms with Gasteiger partial charge in [0.2, 0.25) is 0 Å². The van der Waals surface area contributed by atoms with Crippen molar-refractivity contribution in [2.75, 3.05) is 19.6 Å². The number of nitrogens with one attached hydrogen (secondary N) is 1. The highest BCUT2D eigenvalue weighted by molar-refractivity contribution is 5.26. The second-order valence-electron chi connectivity index (χ2n) is 6.06. The highest BCUT2D eigenvalue weighted by Crippen LogP contribution is 2.37. The minimum atomic E-state index is -0.380. The van der Waals surface area contributed by atoms with Crippen LogP contribution < -0.4 is 5.32 Å². The van der Waals surface area contributed by atoms with Crippen LogP contribution in [0.1, 0.15) is 51.6 Å². The quantitative estimate of drug-likeness (QED) is 0.857. The minimum Gasteiger partial charge on any atom is -0.309 e. The zero-order chi connectivity index (χ0) is 15.5. The molecule has 1 aromatic rings. The molecule has 1 aliphatic rings. The Kier molecular flexibility index (Phi) is 5.33. The molecule has 1 aromatic carbocycles. The monoisotopic (exact) mass is 296 g/mol. The number of likely N-dealkylation sites (tertiary alicyclic amines) is 1. The van der Waals surface area contributed by atoms with Gasteiger partial charge in [-0.05, 0) is 64.0 Å². The summed E-state index contributed by atoms with van der Waals surface area (Å²) in [4.78, 5) is 2.42. The van der Waals surface area contributed by atoms with Gasteiger partial charge in [0.05, 0.1) is 6.04 Å². The lowest BCUT2D eigenvalue weighted by atomic mass is 9.82. The van der Waals surface area contributed by atoms with Crippen LogP contribution in [-0.4, -0.2) is 30.1 Å². The van der Waals surface area contributed by atoms with Crippen LogP contribution in [0, 0.1) is 11.6 Å². The first-order chi connectivity index (χ1) is 10.0. The molecule has 1 N–H and O–H groups in total. The molecule has 0 radical (unpaired) electrons. The third kappa shape index (κ3) is 3.27. The molecule has 2 atom stereocenters. The smallest absolute Gasteiger partial charge is 0.128 e. The van der Waals surface area contributed by atoms with E-state index in [4.69, 9.17) is 0 Å². The van der Waals surface area contributed by atoms with Crippen molar-refractivity contribution in [3.8, 4) is 0 Å². The van der Waals surface area contributed by atoms with Crippen molar-refractivity contribution in [2.45, 2.75) is 51.6 Å². The lowest BCUT2D eigenvalue weighted by molar-refractivity contribution is 0.0830. The summed E-state index contributed by atoms with van der Waals surface area (Å²) in [5.41, 5.74) is 0.231. The third-order valence-electron chi connectivity index (χ3n) is 4.84. The Balaban J connectivity index is 2.42. The minimum absolute atomic E-state index is 0.207. The van der Waals surface area contributed by atoms with Crippen LogP contribution >= 0.6 is 0 Å². The summed E-state index contributed by atoms with van der Waals surface area (Å²) in [5.74, 6) is -0.713. The lowest BCUT2D eigenvalue weighted by Gasteiger charge is -2.45. The predicted molar refractivity (Wildman–Crippen MR) is 82.3 cm³/mol. The molecule has 0 saturated carbocycles. The van der Waals surface area contributed by atoms with Crippen molar-refractivity contribution >= 4 is 0 Å². The van der Waals surface area contributed by atoms with E-state index in [0.717, 1.165) is 26.1 Å². The molecule has 118 valence electrons. The molecule has 4 heteroatoms. The molecule has 2 rings (SSSR count). The van der Waals surface area contributed by atoms with Crippen molar-refractivity contribution in [1.82, 2.24) is 10.2 Å². The Hall–Kier alpha value is -1.00. The molecule has 0 bridgehead atoms. The summed E-state index contributed by atoms with van der Waals surface area (Å²) in [6.45, 7) is 9.08. The summed E-state index contributed by atoms with van der Waals surface area (Å²) in [6.07, 6.45) is 3.25. The van der Waals surface area contributed by atoms with Gasteiger partial charge in [-0.2, -0.15) is 0 Å². The van der Waals surface area contributed by atoms with Crippen molar-refractivity contribution in [1.29, 1.82) is 0 Å². The van der Waals surface area contributed by atoms with E-state index in [1.54, 1.807) is 0 Å². The first-order valence-corrected chi connectivity index (χ1v) is 7.96. The fourth-order valence-corrected chi connectivity index (χ4v) is 3.44. The van der Waals surface area contributed by atoms with Gasteiger partial charge in [-0.15, -0.1) is 0 Å². The molecule has 21 heavy (non-hydrogen) atoms. The van der Waals surface area contributed by atoms with Crippen molar-refractivity contribution in [3.05, 3.63) is 35.4 Å². The number of likely N-dealkylation sites (N-methyl/N-ethyl adjacent to an activating group) is 1. The molecule has 0 spiro atoms. The van der Waals surface area contributed by atoms with Gasteiger partial charge in [-0.3, -0.25) is 4.90 Å². The maximum absolute atomic E-state index is 14.3. The Labute approximate surface area is 126 Å². The van der Waals surface area contributed by atoms with Gasteiger partial charge < -0.3 is 5.32 Å². The topological polar surface area (TPSA) is 15.3 Å². The SMILES string of the molecule is CCNC(c1cc(F)ccc1F)C(C)(CC)N1CCCC1. The fourth-order valence-electron chi connectivity index (χ4n) is 3.44. The molecule has 1 aliphatic heterocycles. The number of hydrogen-bond acceptors (Lipinski definition) is 2. The van der Waals surface area contributed by atoms with Gasteiger partial charge >= 0.3 is 0 Å². The second-order valence-corrected chi connectivity index (χ2v) is 6.06. The average molecular weight is 296 g/mol. The molecule has 0 aliphatic carbocycles. The van der Waals surface area contributed by atoms with Crippen molar-refractivity contribution in [2.24, 2.45) is 0 Å². The van der Waals surface area contributed by atoms with Crippen LogP contribution in [0.5, 0.6) is 0 Å². The molecule has 0 amide bonds. The Morgan fingerprint density at radius 2 is 1.90 bits per heavy atom. The summed E-state index contributed by atoms with van der Waals surface area (Å²) >= 11 is 0. The Morgan fingerprint density at radius 3 is 2.48 bits per heavy atom. The molecule has 2 nitrogen and oxygen atoms in total. The zero-order valence-corrected chi connectivity index (χ0v) is 13.3. The van der Waals surface area contributed by atoms with Gasteiger partial charge in [-0.1, -0.05) is 13.8 Å². The van der Waals surface area contributed by atoms with Crippen LogP contribution in [0.4, 0.5) is 8.78 Å². The summed E-state index contributed by atoms with van der Waals surface area (Å²) < 4.78 is 27.9. The van der Waals surface area contributed by atoms with Crippen LogP contribution in [0.25, 0.3) is 0 Å². The van der Waals surface area contributed by atoms with Crippen LogP contribution in [0.15, 0.2) is 18.2 Å². The summed E-state index contributed by atoms with van der Waals surface area (Å²) in [5, 5.41) is 3.39. The van der Waals surface area contributed by atoms with E-state index in [2.05, 4.69) is 24.1 Å². The van der Waals surface area contributed by atoms with Crippen LogP contribution in [-0.2, 0) is 0 Å². The lowest BCUT2D eigenvalue weighted by Crippen LogP contribution is -2.53. The molecule has 2 unspecified atom stereocenters. The third-order valence-corrected chi connectivity index (χ3v) is 4.84. The van der Waals surface area contributed by atoms with Gasteiger partial charge in [0, 0.05) is 11.1 Å². The van der Waals surface area contributed by atoms with E-state index >= 15 is 0 Å². The van der Waals surface area contributed by atoms with E-state index in [0.29, 0.717) is 5.56 Å². The predicted octanol–water partition coefficient (Wildman–Crippen LogP) is 3.88. The van der Waals surface area contributed by atoms with Crippen molar-refractivity contribution in [3.63, 3.8) is 0 Å². The zero-order valence-electron chi connectivity index (χ0n) is 13.3. The van der Waals surface area contributed by atoms with E-state index in [-0.39, 0.29) is 23.2 Å². The highest BCUT2D eigenvalue weighted by Gasteiger charge is 2.40. The first kappa shape index (κ1) is 16.4. The normalized spacial score (nSPS) is 20.4. The maximum atomic E-state index is 14.3. The highest BCUT2D eigenvalue weighted by atomic mass is 19.1. The number of benzene rings is 1. The van der Waals surface area contributed by atoms with E-state index in [9.17, 15) is 8.78 Å². The Bertz CT molecular complexity index is 472. The fraction of sp³-hybridized carbons (Fsp3) is 0.647. The van der Waals surface area contributed by atoms with Gasteiger partial charge in [0.15, 0.2) is 0 Å². The second kappa shape index (κ2) is 6.84. The van der Waals surface area contributed by atoms with Crippen LogP contribution in [0.3, 0.4) is 0 Å². The molecule has 1 saturated heterocycles. The number of rotatable bonds is 6. The summed E-state index contributed by atoms with van der Waals surface area (Å²) in [7, 11) is 0. The average Bonchev–Trinajstić information content (AvgIpc) is 3.01. The van der Waals surface area contributed by atoms with Gasteiger partial charge in [0.25, 0.3) is 0 Å². The number of nitrogens with zero attached hydrogens (tertiary/aromatic N) is 1. The molecular weight excluding hydrogens is 270 g/mol. The van der Waals surface area contributed by atoms with Crippen molar-refractivity contribution < 1.29 is 8.78 Å². The van der Waals surface area contributed by atoms with Crippen LogP contribution in [0.2, 0.25) is 0 Å². The largest absolute Gasteiger partial charge is 0.309 e. The maximum Gasteiger partial charge on any atom is 0.128 e. The van der Waals surface area contributed by atoms with E-state index in [1.165, 1.54) is 31.0 Å². The standard InChI is InChI=1S/C17H26F2N2/c1-4-17(3,21-10-6-7-11-21)16(20-5-2)14-12-13(18)8-9-15(14)19/h8-9,12,16,20H,4-7,10-11H2,1-3H3. The number of halogens is 2. The first-order valence-electron chi connectivity index (χ1n) is 7.96.